The van der Waals surface area contributed by atoms with E-state index in [1.165, 1.54) is 0 Å². The molecule has 0 atom stereocenters. The van der Waals surface area contributed by atoms with Crippen LogP contribution in [0.2, 0.25) is 0 Å². The van der Waals surface area contributed by atoms with Crippen molar-refractivity contribution in [2.24, 2.45) is 5.14 Å². The van der Waals surface area contributed by atoms with Gasteiger partial charge in [-0.1, -0.05) is 6.07 Å². The molecule has 0 unspecified atom stereocenters. The molecule has 0 saturated carbocycles. The first-order valence-electron chi connectivity index (χ1n) is 5.67. The van der Waals surface area contributed by atoms with E-state index in [1.54, 1.807) is 13.3 Å². The molecule has 0 saturated heterocycles. The zero-order chi connectivity index (χ0) is 13.9. The lowest BCUT2D eigenvalue weighted by molar-refractivity contribution is 0.415. The molecular formula is C12H15N3O3S. The summed E-state index contributed by atoms with van der Waals surface area (Å²) in [6.45, 7) is 0.210. The Hall–Kier alpha value is -1.86. The summed E-state index contributed by atoms with van der Waals surface area (Å²) in [6.07, 6.45) is 1.66. The third kappa shape index (κ3) is 3.55. The molecule has 0 aliphatic heterocycles. The first-order chi connectivity index (χ1) is 8.99. The average molecular weight is 281 g/mol. The molecule has 0 amide bonds. The minimum atomic E-state index is -3.48. The number of nitrogens with two attached hydrogens (primary N) is 1. The molecule has 0 radical (unpaired) electrons. The van der Waals surface area contributed by atoms with Crippen molar-refractivity contribution >= 4 is 26.6 Å². The Kier molecular flexibility index (Phi) is 3.87. The summed E-state index contributed by atoms with van der Waals surface area (Å²) in [5.41, 5.74) is 0. The summed E-state index contributed by atoms with van der Waals surface area (Å²) in [6, 6.07) is 7.50. The van der Waals surface area contributed by atoms with Gasteiger partial charge in [-0.3, -0.25) is 0 Å². The lowest BCUT2D eigenvalue weighted by Gasteiger charge is -2.09. The summed E-state index contributed by atoms with van der Waals surface area (Å²) < 4.78 is 26.9. The monoisotopic (exact) mass is 281 g/mol. The summed E-state index contributed by atoms with van der Waals surface area (Å²) >= 11 is 0. The standard InChI is InChI=1S/C12H15N3O3S/c1-18-10-3-2-9-4-5-14-12(11(9)8-10)15-6-7-19(13,16)17/h2-5,8H,6-7H2,1H3,(H,14,15)(H2,13,16,17). The van der Waals surface area contributed by atoms with Gasteiger partial charge in [0.2, 0.25) is 10.0 Å². The van der Waals surface area contributed by atoms with E-state index in [0.29, 0.717) is 5.82 Å². The van der Waals surface area contributed by atoms with Crippen LogP contribution in [0, 0.1) is 0 Å². The van der Waals surface area contributed by atoms with Crippen LogP contribution < -0.4 is 15.2 Å². The van der Waals surface area contributed by atoms with Crippen LogP contribution in [0.25, 0.3) is 10.8 Å². The molecule has 1 aromatic heterocycles. The number of primary sulfonamides is 1. The van der Waals surface area contributed by atoms with E-state index in [4.69, 9.17) is 9.88 Å². The Morgan fingerprint density at radius 2 is 2.16 bits per heavy atom. The van der Waals surface area contributed by atoms with Gasteiger partial charge >= 0.3 is 0 Å². The van der Waals surface area contributed by atoms with Crippen molar-refractivity contribution in [2.75, 3.05) is 24.7 Å². The number of nitrogens with zero attached hydrogens (tertiary/aromatic N) is 1. The number of methoxy groups -OCH3 is 1. The fourth-order valence-corrected chi connectivity index (χ4v) is 2.11. The van der Waals surface area contributed by atoms with Gasteiger partial charge in [0.1, 0.15) is 11.6 Å². The van der Waals surface area contributed by atoms with Crippen molar-refractivity contribution in [3.05, 3.63) is 30.5 Å². The lowest BCUT2D eigenvalue weighted by atomic mass is 10.1. The Bertz CT molecular complexity index is 686. The number of benzene rings is 1. The first kappa shape index (κ1) is 13.6. The highest BCUT2D eigenvalue weighted by molar-refractivity contribution is 7.89. The van der Waals surface area contributed by atoms with Crippen LogP contribution in [0.5, 0.6) is 5.75 Å². The highest BCUT2D eigenvalue weighted by atomic mass is 32.2. The summed E-state index contributed by atoms with van der Waals surface area (Å²) in [7, 11) is -1.89. The fraction of sp³-hybridized carbons (Fsp3) is 0.250. The van der Waals surface area contributed by atoms with E-state index >= 15 is 0 Å². The van der Waals surface area contributed by atoms with Crippen molar-refractivity contribution in [1.29, 1.82) is 0 Å². The van der Waals surface area contributed by atoms with Gasteiger partial charge in [0, 0.05) is 18.1 Å². The topological polar surface area (TPSA) is 94.3 Å². The summed E-state index contributed by atoms with van der Waals surface area (Å²) in [5.74, 6) is 1.18. The van der Waals surface area contributed by atoms with Crippen molar-refractivity contribution in [3.8, 4) is 5.75 Å². The maximum atomic E-state index is 10.9. The van der Waals surface area contributed by atoms with Crippen molar-refractivity contribution in [1.82, 2.24) is 4.98 Å². The van der Waals surface area contributed by atoms with Gasteiger partial charge in [-0.05, 0) is 23.6 Å². The van der Waals surface area contributed by atoms with Gasteiger partial charge in [-0.15, -0.1) is 0 Å². The summed E-state index contributed by atoms with van der Waals surface area (Å²) in [4.78, 5) is 4.20. The molecular weight excluding hydrogens is 266 g/mol. The highest BCUT2D eigenvalue weighted by Crippen LogP contribution is 2.25. The van der Waals surface area contributed by atoms with E-state index in [2.05, 4.69) is 10.3 Å². The fourth-order valence-electron chi connectivity index (χ4n) is 1.73. The number of sulfonamides is 1. The number of fused-ring (bicyclic) bond motifs is 1. The minimum Gasteiger partial charge on any atom is -0.497 e. The van der Waals surface area contributed by atoms with Gasteiger partial charge in [-0.2, -0.15) is 0 Å². The first-order valence-corrected chi connectivity index (χ1v) is 7.38. The number of rotatable bonds is 5. The van der Waals surface area contributed by atoms with Crippen LogP contribution in [-0.2, 0) is 10.0 Å². The number of hydrogen-bond acceptors (Lipinski definition) is 5. The van der Waals surface area contributed by atoms with Crippen molar-refractivity contribution in [3.63, 3.8) is 0 Å². The Morgan fingerprint density at radius 1 is 1.37 bits per heavy atom. The number of nitrogens with one attached hydrogen (secondary N) is 1. The van der Waals surface area contributed by atoms with Crippen LogP contribution in [-0.4, -0.2) is 32.8 Å². The zero-order valence-electron chi connectivity index (χ0n) is 10.5. The largest absolute Gasteiger partial charge is 0.497 e. The Balaban J connectivity index is 2.27. The number of pyridine rings is 1. The highest BCUT2D eigenvalue weighted by Gasteiger charge is 2.06. The van der Waals surface area contributed by atoms with E-state index in [1.807, 2.05) is 24.3 Å². The second kappa shape index (κ2) is 5.41. The van der Waals surface area contributed by atoms with Gasteiger partial charge in [0.25, 0.3) is 0 Å². The molecule has 19 heavy (non-hydrogen) atoms. The number of hydrogen-bond donors (Lipinski definition) is 2. The molecule has 6 nitrogen and oxygen atoms in total. The van der Waals surface area contributed by atoms with Gasteiger partial charge in [0.05, 0.1) is 12.9 Å². The SMILES string of the molecule is COc1ccc2ccnc(NCCS(N)(=O)=O)c2c1. The molecule has 0 aliphatic rings. The molecule has 3 N–H and O–H groups in total. The molecule has 2 rings (SSSR count). The number of ether oxygens (including phenoxy) is 1. The van der Waals surface area contributed by atoms with Crippen LogP contribution in [0.15, 0.2) is 30.5 Å². The van der Waals surface area contributed by atoms with Gasteiger partial charge < -0.3 is 10.1 Å². The quantitative estimate of drug-likeness (QED) is 0.850. The molecule has 2 aromatic rings. The van der Waals surface area contributed by atoms with Crippen molar-refractivity contribution in [2.45, 2.75) is 0 Å². The average Bonchev–Trinajstić information content (AvgIpc) is 2.37. The number of anilines is 1. The molecule has 0 bridgehead atoms. The molecule has 1 heterocycles. The molecule has 102 valence electrons. The predicted molar refractivity (Wildman–Crippen MR) is 74.8 cm³/mol. The maximum Gasteiger partial charge on any atom is 0.210 e. The third-order valence-corrected chi connectivity index (χ3v) is 3.43. The summed E-state index contributed by atoms with van der Waals surface area (Å²) in [5, 5.41) is 9.79. The molecule has 0 aliphatic carbocycles. The van der Waals surface area contributed by atoms with E-state index in [0.717, 1.165) is 16.5 Å². The van der Waals surface area contributed by atoms with Crippen LogP contribution >= 0.6 is 0 Å². The van der Waals surface area contributed by atoms with Crippen LogP contribution in [0.3, 0.4) is 0 Å². The van der Waals surface area contributed by atoms with Crippen LogP contribution in [0.4, 0.5) is 5.82 Å². The van der Waals surface area contributed by atoms with Gasteiger partial charge in [0.15, 0.2) is 0 Å². The molecule has 0 spiro atoms. The molecule has 7 heteroatoms. The van der Waals surface area contributed by atoms with E-state index in [9.17, 15) is 8.42 Å². The van der Waals surface area contributed by atoms with Crippen molar-refractivity contribution < 1.29 is 13.2 Å². The number of aromatic nitrogens is 1. The second-order valence-electron chi connectivity index (χ2n) is 4.04. The van der Waals surface area contributed by atoms with Gasteiger partial charge in [-0.25, -0.2) is 18.5 Å². The minimum absolute atomic E-state index is 0.144. The Labute approximate surface area is 111 Å². The Morgan fingerprint density at radius 3 is 2.84 bits per heavy atom. The predicted octanol–water partition coefficient (Wildman–Crippen LogP) is 0.944. The maximum absolute atomic E-state index is 10.9. The van der Waals surface area contributed by atoms with E-state index in [-0.39, 0.29) is 12.3 Å². The smallest absolute Gasteiger partial charge is 0.210 e. The van der Waals surface area contributed by atoms with Crippen LogP contribution in [0.1, 0.15) is 0 Å². The third-order valence-electron chi connectivity index (χ3n) is 2.65. The van der Waals surface area contributed by atoms with E-state index < -0.39 is 10.0 Å². The molecule has 0 fully saturated rings. The molecule has 1 aromatic carbocycles. The zero-order valence-corrected chi connectivity index (χ0v) is 11.3. The second-order valence-corrected chi connectivity index (χ2v) is 5.77. The lowest BCUT2D eigenvalue weighted by Crippen LogP contribution is -2.22. The normalized spacial score (nSPS) is 11.5.